The standard InChI is InChI=1S/C16H24BNO2/c19-17(20)15-5-3-4-14(12-15)13-18-10-8-16(9-11-18)6-1-2-7-16/h3-5,12,19-20H,1-2,6-11,13H2. The van der Waals surface area contributed by atoms with Crippen molar-refractivity contribution < 1.29 is 10.0 Å². The molecule has 1 aliphatic carbocycles. The van der Waals surface area contributed by atoms with Crippen molar-refractivity contribution in [3.63, 3.8) is 0 Å². The Morgan fingerprint density at radius 3 is 2.40 bits per heavy atom. The number of rotatable bonds is 3. The molecule has 0 amide bonds. The van der Waals surface area contributed by atoms with E-state index in [1.165, 1.54) is 57.2 Å². The smallest absolute Gasteiger partial charge is 0.423 e. The van der Waals surface area contributed by atoms with Gasteiger partial charge in [-0.1, -0.05) is 37.1 Å². The highest BCUT2D eigenvalue weighted by Crippen LogP contribution is 2.46. The van der Waals surface area contributed by atoms with Gasteiger partial charge < -0.3 is 10.0 Å². The van der Waals surface area contributed by atoms with Gasteiger partial charge >= 0.3 is 7.12 Å². The van der Waals surface area contributed by atoms with Crippen LogP contribution in [0.4, 0.5) is 0 Å². The van der Waals surface area contributed by atoms with Crippen molar-refractivity contribution in [2.45, 2.75) is 45.1 Å². The van der Waals surface area contributed by atoms with Crippen molar-refractivity contribution in [3.05, 3.63) is 29.8 Å². The molecule has 1 aromatic rings. The maximum Gasteiger partial charge on any atom is 0.488 e. The van der Waals surface area contributed by atoms with Crippen LogP contribution >= 0.6 is 0 Å². The predicted molar refractivity (Wildman–Crippen MR) is 81.7 cm³/mol. The molecule has 0 bridgehead atoms. The minimum atomic E-state index is -1.36. The maximum absolute atomic E-state index is 9.24. The fraction of sp³-hybridized carbons (Fsp3) is 0.625. The van der Waals surface area contributed by atoms with Gasteiger partial charge in [0.2, 0.25) is 0 Å². The monoisotopic (exact) mass is 273 g/mol. The lowest BCUT2D eigenvalue weighted by atomic mass is 9.77. The number of nitrogens with zero attached hydrogens (tertiary/aromatic N) is 1. The SMILES string of the molecule is OB(O)c1cccc(CN2CCC3(CCCC3)CC2)c1. The van der Waals surface area contributed by atoms with Crippen LogP contribution in [0.2, 0.25) is 0 Å². The van der Waals surface area contributed by atoms with Gasteiger partial charge in [0.25, 0.3) is 0 Å². The summed E-state index contributed by atoms with van der Waals surface area (Å²) in [5.74, 6) is 0. The largest absolute Gasteiger partial charge is 0.488 e. The Kier molecular flexibility index (Phi) is 4.15. The Morgan fingerprint density at radius 2 is 1.75 bits per heavy atom. The van der Waals surface area contributed by atoms with Crippen LogP contribution in [-0.4, -0.2) is 35.2 Å². The Morgan fingerprint density at radius 1 is 1.05 bits per heavy atom. The fourth-order valence-electron chi connectivity index (χ4n) is 3.92. The van der Waals surface area contributed by atoms with Crippen LogP contribution in [0, 0.1) is 5.41 Å². The van der Waals surface area contributed by atoms with Gasteiger partial charge in [0.05, 0.1) is 0 Å². The molecule has 108 valence electrons. The van der Waals surface area contributed by atoms with Gasteiger partial charge in [-0.15, -0.1) is 0 Å². The molecule has 2 aliphatic rings. The number of piperidine rings is 1. The Hall–Kier alpha value is -0.835. The summed E-state index contributed by atoms with van der Waals surface area (Å²) < 4.78 is 0. The molecule has 2 fully saturated rings. The molecule has 0 radical (unpaired) electrons. The summed E-state index contributed by atoms with van der Waals surface area (Å²) in [7, 11) is -1.36. The van der Waals surface area contributed by atoms with Crippen LogP contribution in [-0.2, 0) is 6.54 Å². The Bertz CT molecular complexity index is 448. The minimum Gasteiger partial charge on any atom is -0.423 e. The number of benzene rings is 1. The first kappa shape index (κ1) is 14.1. The van der Waals surface area contributed by atoms with Crippen molar-refractivity contribution >= 4 is 12.6 Å². The number of likely N-dealkylation sites (tertiary alicyclic amines) is 1. The van der Waals surface area contributed by atoms with Crippen LogP contribution in [0.1, 0.15) is 44.1 Å². The normalized spacial score (nSPS) is 22.3. The van der Waals surface area contributed by atoms with Crippen molar-refractivity contribution in [3.8, 4) is 0 Å². The van der Waals surface area contributed by atoms with Gasteiger partial charge in [0, 0.05) is 6.54 Å². The molecule has 4 heteroatoms. The molecule has 1 aliphatic heterocycles. The first-order valence-corrected chi connectivity index (χ1v) is 7.84. The molecule has 0 atom stereocenters. The van der Waals surface area contributed by atoms with Crippen LogP contribution in [0.5, 0.6) is 0 Å². The van der Waals surface area contributed by atoms with Crippen molar-refractivity contribution in [1.29, 1.82) is 0 Å². The highest BCUT2D eigenvalue weighted by molar-refractivity contribution is 6.58. The summed E-state index contributed by atoms with van der Waals surface area (Å²) in [6.45, 7) is 3.30. The molecular weight excluding hydrogens is 249 g/mol. The molecule has 1 saturated carbocycles. The first-order chi connectivity index (χ1) is 9.67. The molecule has 3 rings (SSSR count). The molecule has 3 nitrogen and oxygen atoms in total. The van der Waals surface area contributed by atoms with Gasteiger partial charge in [0.1, 0.15) is 0 Å². The third kappa shape index (κ3) is 3.08. The molecule has 1 aromatic carbocycles. The highest BCUT2D eigenvalue weighted by Gasteiger charge is 2.36. The maximum atomic E-state index is 9.24. The molecule has 0 aromatic heterocycles. The van der Waals surface area contributed by atoms with E-state index in [4.69, 9.17) is 0 Å². The second kappa shape index (κ2) is 5.88. The van der Waals surface area contributed by atoms with Crippen molar-refractivity contribution in [2.24, 2.45) is 5.41 Å². The summed E-state index contributed by atoms with van der Waals surface area (Å²) in [4.78, 5) is 2.51. The van der Waals surface area contributed by atoms with Crippen LogP contribution in [0.3, 0.4) is 0 Å². The van der Waals surface area contributed by atoms with E-state index in [1.807, 2.05) is 12.1 Å². The molecule has 1 heterocycles. The minimum absolute atomic E-state index is 0.590. The molecule has 1 saturated heterocycles. The van der Waals surface area contributed by atoms with E-state index >= 15 is 0 Å². The van der Waals surface area contributed by atoms with Gasteiger partial charge in [-0.2, -0.15) is 0 Å². The Balaban J connectivity index is 1.58. The predicted octanol–water partition coefficient (Wildman–Crippen LogP) is 1.52. The van der Waals surface area contributed by atoms with Gasteiger partial charge in [-0.25, -0.2) is 0 Å². The lowest BCUT2D eigenvalue weighted by molar-refractivity contribution is 0.103. The van der Waals surface area contributed by atoms with E-state index in [9.17, 15) is 10.0 Å². The van der Waals surface area contributed by atoms with E-state index in [-0.39, 0.29) is 0 Å². The molecule has 1 spiro atoms. The fourth-order valence-corrected chi connectivity index (χ4v) is 3.92. The molecule has 0 unspecified atom stereocenters. The van der Waals surface area contributed by atoms with Gasteiger partial charge in [-0.3, -0.25) is 4.90 Å². The van der Waals surface area contributed by atoms with Crippen molar-refractivity contribution in [1.82, 2.24) is 4.90 Å². The zero-order valence-corrected chi connectivity index (χ0v) is 12.1. The summed E-state index contributed by atoms with van der Waals surface area (Å²) in [5, 5.41) is 18.5. The zero-order valence-electron chi connectivity index (χ0n) is 12.1. The summed E-state index contributed by atoms with van der Waals surface area (Å²) >= 11 is 0. The molecule has 20 heavy (non-hydrogen) atoms. The molecule has 2 N–H and O–H groups in total. The first-order valence-electron chi connectivity index (χ1n) is 7.84. The number of hydrogen-bond donors (Lipinski definition) is 2. The quantitative estimate of drug-likeness (QED) is 0.821. The van der Waals surface area contributed by atoms with E-state index in [0.717, 1.165) is 6.54 Å². The zero-order chi connectivity index (χ0) is 14.0. The third-order valence-corrected chi connectivity index (χ3v) is 5.24. The van der Waals surface area contributed by atoms with E-state index in [1.54, 1.807) is 6.07 Å². The topological polar surface area (TPSA) is 43.7 Å². The second-order valence-electron chi connectivity index (χ2n) is 6.60. The second-order valence-corrected chi connectivity index (χ2v) is 6.60. The van der Waals surface area contributed by atoms with Gasteiger partial charge in [-0.05, 0) is 55.2 Å². The van der Waals surface area contributed by atoms with E-state index in [2.05, 4.69) is 11.0 Å². The molecular formula is C16H24BNO2. The lowest BCUT2D eigenvalue weighted by Crippen LogP contribution is -2.38. The van der Waals surface area contributed by atoms with Crippen molar-refractivity contribution in [2.75, 3.05) is 13.1 Å². The number of hydrogen-bond acceptors (Lipinski definition) is 3. The summed E-state index contributed by atoms with van der Waals surface area (Å²) in [5.41, 5.74) is 2.43. The van der Waals surface area contributed by atoms with E-state index in [0.29, 0.717) is 10.9 Å². The third-order valence-electron chi connectivity index (χ3n) is 5.24. The van der Waals surface area contributed by atoms with Crippen LogP contribution in [0.25, 0.3) is 0 Å². The Labute approximate surface area is 121 Å². The van der Waals surface area contributed by atoms with Gasteiger partial charge in [0.15, 0.2) is 0 Å². The lowest BCUT2D eigenvalue weighted by Gasteiger charge is -2.39. The average molecular weight is 273 g/mol. The highest BCUT2D eigenvalue weighted by atomic mass is 16.4. The van der Waals surface area contributed by atoms with Crippen LogP contribution < -0.4 is 5.46 Å². The van der Waals surface area contributed by atoms with Crippen LogP contribution in [0.15, 0.2) is 24.3 Å². The van der Waals surface area contributed by atoms with E-state index < -0.39 is 7.12 Å². The summed E-state index contributed by atoms with van der Waals surface area (Å²) in [6.07, 6.45) is 8.41. The summed E-state index contributed by atoms with van der Waals surface area (Å²) in [6, 6.07) is 7.65. The average Bonchev–Trinajstić information content (AvgIpc) is 2.90.